The van der Waals surface area contributed by atoms with Crippen molar-refractivity contribution in [3.05, 3.63) is 12.1 Å². The summed E-state index contributed by atoms with van der Waals surface area (Å²) < 4.78 is 6.73. The molecule has 2 N–H and O–H groups in total. The fraction of sp³-hybridized carbons (Fsp3) is 0.733. The van der Waals surface area contributed by atoms with Crippen LogP contribution in [0.1, 0.15) is 51.4 Å². The highest BCUT2D eigenvalue weighted by molar-refractivity contribution is 5.23. The van der Waals surface area contributed by atoms with E-state index in [0.29, 0.717) is 12.6 Å². The first kappa shape index (κ1) is 14.3. The first-order valence-corrected chi connectivity index (χ1v) is 7.46. The van der Waals surface area contributed by atoms with E-state index in [9.17, 15) is 10.2 Å². The summed E-state index contributed by atoms with van der Waals surface area (Å²) in [4.78, 5) is 0. The lowest BCUT2D eigenvalue weighted by molar-refractivity contribution is 0.361. The lowest BCUT2D eigenvalue weighted by atomic mass is 10.1. The molecule has 1 fully saturated rings. The highest BCUT2D eigenvalue weighted by Gasteiger charge is 2.20. The molecule has 0 radical (unpaired) electrons. The molecule has 1 atom stereocenters. The van der Waals surface area contributed by atoms with E-state index in [1.807, 2.05) is 0 Å². The Morgan fingerprint density at radius 1 is 0.947 bits per heavy atom. The Morgan fingerprint density at radius 3 is 2.05 bits per heavy atom. The molecule has 1 unspecified atom stereocenters. The van der Waals surface area contributed by atoms with Crippen molar-refractivity contribution in [2.45, 2.75) is 64.0 Å². The molecule has 0 saturated carbocycles. The number of nitrogens with zero attached hydrogens (tertiary/aromatic N) is 1. The van der Waals surface area contributed by atoms with E-state index < -0.39 is 0 Å². The van der Waals surface area contributed by atoms with Crippen LogP contribution < -0.4 is 0 Å². The van der Waals surface area contributed by atoms with E-state index in [4.69, 9.17) is 4.74 Å². The van der Waals surface area contributed by atoms with E-state index >= 15 is 0 Å². The molecule has 0 spiro atoms. The smallest absolute Gasteiger partial charge is 0.193 e. The third-order valence-electron chi connectivity index (χ3n) is 3.74. The van der Waals surface area contributed by atoms with Gasteiger partial charge in [-0.05, 0) is 12.8 Å². The molecule has 1 saturated heterocycles. The van der Waals surface area contributed by atoms with Gasteiger partial charge in [0.05, 0.1) is 12.7 Å². The van der Waals surface area contributed by atoms with Gasteiger partial charge in [-0.3, -0.25) is 4.57 Å². The van der Waals surface area contributed by atoms with Gasteiger partial charge in [-0.25, -0.2) is 0 Å². The predicted molar refractivity (Wildman–Crippen MR) is 74.4 cm³/mol. The van der Waals surface area contributed by atoms with Gasteiger partial charge in [0.25, 0.3) is 0 Å². The minimum Gasteiger partial charge on any atom is -0.494 e. The van der Waals surface area contributed by atoms with E-state index in [1.165, 1.54) is 50.7 Å². The summed E-state index contributed by atoms with van der Waals surface area (Å²) in [5.74, 6) is 0.305. The van der Waals surface area contributed by atoms with Crippen LogP contribution in [0.4, 0.5) is 0 Å². The zero-order chi connectivity index (χ0) is 13.5. The Labute approximate surface area is 115 Å². The zero-order valence-corrected chi connectivity index (χ0v) is 11.6. The van der Waals surface area contributed by atoms with E-state index in [1.54, 1.807) is 4.57 Å². The third kappa shape index (κ3) is 5.15. The summed E-state index contributed by atoms with van der Waals surface area (Å²) >= 11 is 0. The largest absolute Gasteiger partial charge is 0.494 e. The zero-order valence-electron chi connectivity index (χ0n) is 11.6. The molecule has 1 aromatic rings. The molecule has 2 rings (SSSR count). The highest BCUT2D eigenvalue weighted by atomic mass is 16.6. The van der Waals surface area contributed by atoms with Crippen LogP contribution in [-0.4, -0.2) is 27.5 Å². The van der Waals surface area contributed by atoms with Gasteiger partial charge in [-0.2, -0.15) is 0 Å². The third-order valence-corrected chi connectivity index (χ3v) is 3.74. The normalized spacial score (nSPS) is 17.8. The molecule has 19 heavy (non-hydrogen) atoms. The maximum absolute atomic E-state index is 9.47. The number of rotatable bonds is 10. The van der Waals surface area contributed by atoms with Crippen LogP contribution in [-0.2, 0) is 11.3 Å². The average Bonchev–Trinajstić information content (AvgIpc) is 3.17. The number of unbranched alkanes of at least 4 members (excludes halogenated alkanes) is 6. The molecule has 1 aromatic heterocycles. The van der Waals surface area contributed by atoms with Crippen LogP contribution in [0, 0.1) is 0 Å². The van der Waals surface area contributed by atoms with Crippen molar-refractivity contribution in [1.29, 1.82) is 0 Å². The quantitative estimate of drug-likeness (QED) is 0.504. The maximum Gasteiger partial charge on any atom is 0.193 e. The average molecular weight is 267 g/mol. The Bertz CT molecular complexity index is 352. The second-order valence-electron chi connectivity index (χ2n) is 5.42. The number of hydrogen-bond donors (Lipinski definition) is 2. The predicted octanol–water partition coefficient (Wildman–Crippen LogP) is 3.42. The Balaban J connectivity index is 1.41. The Hall–Kier alpha value is -1.16. The molecular weight excluding hydrogens is 242 g/mol. The van der Waals surface area contributed by atoms with Crippen LogP contribution in [0.5, 0.6) is 11.8 Å². The van der Waals surface area contributed by atoms with Crippen molar-refractivity contribution in [2.75, 3.05) is 6.61 Å². The summed E-state index contributed by atoms with van der Waals surface area (Å²) in [6, 6.07) is 3.05. The summed E-state index contributed by atoms with van der Waals surface area (Å²) in [7, 11) is 0. The van der Waals surface area contributed by atoms with Gasteiger partial charge in [-0.15, -0.1) is 0 Å². The molecular formula is C15H25NO3. The number of ether oxygens (including phenoxy) is 1. The molecule has 0 bridgehead atoms. The molecule has 2 heterocycles. The molecule has 1 aliphatic rings. The SMILES string of the molecule is Oc1ccc(O)n1CCCCCCCCCC1CO1. The summed E-state index contributed by atoms with van der Waals surface area (Å²) in [5.41, 5.74) is 0. The highest BCUT2D eigenvalue weighted by Crippen LogP contribution is 2.22. The molecule has 108 valence electrons. The first-order chi connectivity index (χ1) is 9.27. The number of hydrogen-bond acceptors (Lipinski definition) is 3. The number of aromatic hydroxyl groups is 2. The summed E-state index contributed by atoms with van der Waals surface area (Å²) in [5, 5.41) is 18.9. The fourth-order valence-electron chi connectivity index (χ4n) is 2.44. The van der Waals surface area contributed by atoms with Crippen molar-refractivity contribution >= 4 is 0 Å². The molecule has 0 aromatic carbocycles. The summed E-state index contributed by atoms with van der Waals surface area (Å²) in [6.45, 7) is 1.68. The standard InChI is InChI=1S/C15H25NO3/c17-14-9-10-15(18)16(14)11-7-5-3-1-2-4-6-8-13-12-19-13/h9-10,13,17-18H,1-8,11-12H2. The van der Waals surface area contributed by atoms with Gasteiger partial charge in [0.1, 0.15) is 0 Å². The maximum atomic E-state index is 9.47. The van der Waals surface area contributed by atoms with E-state index in [-0.39, 0.29) is 11.8 Å². The van der Waals surface area contributed by atoms with Crippen molar-refractivity contribution in [1.82, 2.24) is 4.57 Å². The van der Waals surface area contributed by atoms with Crippen molar-refractivity contribution in [3.8, 4) is 11.8 Å². The second-order valence-corrected chi connectivity index (χ2v) is 5.42. The van der Waals surface area contributed by atoms with Gasteiger partial charge in [-0.1, -0.05) is 38.5 Å². The van der Waals surface area contributed by atoms with Crippen LogP contribution in [0.15, 0.2) is 12.1 Å². The van der Waals surface area contributed by atoms with Crippen molar-refractivity contribution in [2.24, 2.45) is 0 Å². The van der Waals surface area contributed by atoms with Gasteiger partial charge < -0.3 is 14.9 Å². The minimum atomic E-state index is 0.153. The van der Waals surface area contributed by atoms with Gasteiger partial charge in [0.2, 0.25) is 0 Å². The monoisotopic (exact) mass is 267 g/mol. The Kier molecular flexibility index (Phi) is 5.58. The minimum absolute atomic E-state index is 0.153. The van der Waals surface area contributed by atoms with E-state index in [2.05, 4.69) is 0 Å². The van der Waals surface area contributed by atoms with Crippen LogP contribution >= 0.6 is 0 Å². The van der Waals surface area contributed by atoms with Gasteiger partial charge in [0, 0.05) is 18.7 Å². The van der Waals surface area contributed by atoms with Crippen LogP contribution in [0.2, 0.25) is 0 Å². The molecule has 0 aliphatic carbocycles. The van der Waals surface area contributed by atoms with Crippen molar-refractivity contribution in [3.63, 3.8) is 0 Å². The molecule has 0 amide bonds. The number of aromatic nitrogens is 1. The summed E-state index contributed by atoms with van der Waals surface area (Å²) in [6.07, 6.45) is 10.4. The fourth-order valence-corrected chi connectivity index (χ4v) is 2.44. The van der Waals surface area contributed by atoms with Crippen molar-refractivity contribution < 1.29 is 14.9 Å². The second kappa shape index (κ2) is 7.43. The van der Waals surface area contributed by atoms with Crippen LogP contribution in [0.3, 0.4) is 0 Å². The van der Waals surface area contributed by atoms with E-state index in [0.717, 1.165) is 19.4 Å². The lowest BCUT2D eigenvalue weighted by Crippen LogP contribution is -1.96. The lowest BCUT2D eigenvalue weighted by Gasteiger charge is -2.06. The Morgan fingerprint density at radius 2 is 1.47 bits per heavy atom. The molecule has 1 aliphatic heterocycles. The van der Waals surface area contributed by atoms with Gasteiger partial charge in [0.15, 0.2) is 11.8 Å². The first-order valence-electron chi connectivity index (χ1n) is 7.46. The topological polar surface area (TPSA) is 57.9 Å². The van der Waals surface area contributed by atoms with Crippen LogP contribution in [0.25, 0.3) is 0 Å². The molecule has 4 nitrogen and oxygen atoms in total. The van der Waals surface area contributed by atoms with Gasteiger partial charge >= 0.3 is 0 Å². The number of epoxide rings is 1. The molecule has 4 heteroatoms.